The van der Waals surface area contributed by atoms with Gasteiger partial charge in [0.1, 0.15) is 5.00 Å². The topological polar surface area (TPSA) is 95.5 Å². The summed E-state index contributed by atoms with van der Waals surface area (Å²) in [5.74, 6) is -3.26. The van der Waals surface area contributed by atoms with Crippen molar-refractivity contribution in [1.29, 1.82) is 0 Å². The number of nitrogens with one attached hydrogen (secondary N) is 1. The summed E-state index contributed by atoms with van der Waals surface area (Å²) in [5.41, 5.74) is 1.44. The average molecular weight is 378 g/mol. The molecule has 2 atom stereocenters. The molecule has 142 valence electrons. The highest BCUT2D eigenvalue weighted by atomic mass is 32.1. The second-order valence-electron chi connectivity index (χ2n) is 7.00. The molecule has 1 amide bonds. The second-order valence-corrected chi connectivity index (χ2v) is 8.11. The van der Waals surface area contributed by atoms with Crippen LogP contribution < -0.4 is 10.4 Å². The molecule has 0 unspecified atom stereocenters. The first-order valence-electron chi connectivity index (χ1n) is 9.36. The van der Waals surface area contributed by atoms with E-state index in [1.54, 1.807) is 0 Å². The van der Waals surface area contributed by atoms with Gasteiger partial charge >= 0.3 is 5.97 Å². The maximum Gasteiger partial charge on any atom is 0.341 e. The van der Waals surface area contributed by atoms with E-state index in [2.05, 4.69) is 5.32 Å². The standard InChI is InChI=1S/C19H25NO5S/c1-2-10-25-19(24)15-13-8-5-9-14(13)26-17(15)20-16(21)11-6-3-4-7-12(11)18(22)23/h11-12H,2-10H2,1H3,(H,20,21)(H,22,23)/p-1/t11-,12-/m1/s1. The summed E-state index contributed by atoms with van der Waals surface area (Å²) in [6.45, 7) is 2.27. The number of hydrogen-bond donors (Lipinski definition) is 1. The van der Waals surface area contributed by atoms with Crippen molar-refractivity contribution in [3.8, 4) is 0 Å². The molecule has 0 spiro atoms. The number of fused-ring (bicyclic) bond motifs is 1. The predicted molar refractivity (Wildman–Crippen MR) is 96.0 cm³/mol. The van der Waals surface area contributed by atoms with Gasteiger partial charge in [-0.2, -0.15) is 0 Å². The number of thiophene rings is 1. The van der Waals surface area contributed by atoms with Crippen LogP contribution in [0.5, 0.6) is 0 Å². The molecule has 26 heavy (non-hydrogen) atoms. The van der Waals surface area contributed by atoms with E-state index in [9.17, 15) is 19.5 Å². The zero-order valence-corrected chi connectivity index (χ0v) is 15.8. The van der Waals surface area contributed by atoms with Crippen molar-refractivity contribution in [1.82, 2.24) is 0 Å². The van der Waals surface area contributed by atoms with Crippen molar-refractivity contribution in [2.24, 2.45) is 11.8 Å². The molecular formula is C19H24NO5S-. The second kappa shape index (κ2) is 8.20. The van der Waals surface area contributed by atoms with E-state index < -0.39 is 23.8 Å². The minimum atomic E-state index is -1.17. The van der Waals surface area contributed by atoms with Gasteiger partial charge in [0.15, 0.2) is 0 Å². The number of carboxylic acid groups (broad SMARTS) is 1. The molecule has 0 aliphatic heterocycles. The van der Waals surface area contributed by atoms with Gasteiger partial charge in [-0.05, 0) is 44.1 Å². The number of aryl methyl sites for hydroxylation is 1. The number of hydrogen-bond acceptors (Lipinski definition) is 6. The smallest absolute Gasteiger partial charge is 0.341 e. The highest BCUT2D eigenvalue weighted by molar-refractivity contribution is 7.17. The van der Waals surface area contributed by atoms with E-state index in [0.29, 0.717) is 30.0 Å². The normalized spacial score (nSPS) is 21.9. The van der Waals surface area contributed by atoms with Gasteiger partial charge in [-0.15, -0.1) is 11.3 Å². The Bertz CT molecular complexity index is 711. The molecule has 1 N–H and O–H groups in total. The van der Waals surface area contributed by atoms with Gasteiger partial charge in [-0.25, -0.2) is 4.79 Å². The predicted octanol–water partition coefficient (Wildman–Crippen LogP) is 2.30. The summed E-state index contributed by atoms with van der Waals surface area (Å²) in [5, 5.41) is 14.7. The minimum absolute atomic E-state index is 0.330. The Balaban J connectivity index is 1.82. The number of rotatable bonds is 6. The molecule has 0 bridgehead atoms. The molecule has 2 aliphatic carbocycles. The van der Waals surface area contributed by atoms with Crippen molar-refractivity contribution >= 4 is 34.2 Å². The molecule has 1 aromatic rings. The molecule has 6 nitrogen and oxygen atoms in total. The molecule has 0 radical (unpaired) electrons. The van der Waals surface area contributed by atoms with E-state index in [4.69, 9.17) is 4.74 Å². The Morgan fingerprint density at radius 2 is 1.88 bits per heavy atom. The fourth-order valence-corrected chi connectivity index (χ4v) is 5.19. The number of ether oxygens (including phenoxy) is 1. The summed E-state index contributed by atoms with van der Waals surface area (Å²) in [6.07, 6.45) is 6.06. The molecule has 3 rings (SSSR count). The third kappa shape index (κ3) is 3.77. The monoisotopic (exact) mass is 378 g/mol. The zero-order chi connectivity index (χ0) is 18.7. The van der Waals surface area contributed by atoms with Gasteiger partial charge in [0.05, 0.1) is 12.2 Å². The summed E-state index contributed by atoms with van der Waals surface area (Å²) >= 11 is 1.42. The lowest BCUT2D eigenvalue weighted by Crippen LogP contribution is -2.42. The molecule has 7 heteroatoms. The minimum Gasteiger partial charge on any atom is -0.550 e. The first-order valence-corrected chi connectivity index (χ1v) is 10.2. The lowest BCUT2D eigenvalue weighted by Gasteiger charge is -2.31. The Morgan fingerprint density at radius 3 is 2.58 bits per heavy atom. The van der Waals surface area contributed by atoms with Crippen LogP contribution in [0.1, 0.15) is 66.2 Å². The highest BCUT2D eigenvalue weighted by Gasteiger charge is 2.34. The molecule has 2 aliphatic rings. The van der Waals surface area contributed by atoms with Crippen LogP contribution >= 0.6 is 11.3 Å². The van der Waals surface area contributed by atoms with Gasteiger partial charge < -0.3 is 20.0 Å². The van der Waals surface area contributed by atoms with E-state index >= 15 is 0 Å². The molecule has 0 saturated heterocycles. The largest absolute Gasteiger partial charge is 0.550 e. The van der Waals surface area contributed by atoms with Crippen LogP contribution in [0.15, 0.2) is 0 Å². The highest BCUT2D eigenvalue weighted by Crippen LogP contribution is 2.40. The molecule has 1 fully saturated rings. The van der Waals surface area contributed by atoms with Crippen LogP contribution in [0, 0.1) is 11.8 Å². The molecule has 0 aromatic carbocycles. The molecule has 1 saturated carbocycles. The Hall–Kier alpha value is -1.89. The average Bonchev–Trinajstić information content (AvgIpc) is 3.20. The quantitative estimate of drug-likeness (QED) is 0.766. The summed E-state index contributed by atoms with van der Waals surface area (Å²) in [6, 6.07) is 0. The van der Waals surface area contributed by atoms with Crippen LogP contribution in [0.3, 0.4) is 0 Å². The van der Waals surface area contributed by atoms with Crippen molar-refractivity contribution in [3.63, 3.8) is 0 Å². The number of carboxylic acids is 1. The number of carbonyl (C=O) groups excluding carboxylic acids is 3. The number of carbonyl (C=O) groups is 3. The van der Waals surface area contributed by atoms with Crippen LogP contribution in [0.25, 0.3) is 0 Å². The van der Waals surface area contributed by atoms with Crippen molar-refractivity contribution in [3.05, 3.63) is 16.0 Å². The Morgan fingerprint density at radius 1 is 1.15 bits per heavy atom. The fourth-order valence-electron chi connectivity index (χ4n) is 3.91. The number of anilines is 1. The third-order valence-corrected chi connectivity index (χ3v) is 6.41. The van der Waals surface area contributed by atoms with Crippen molar-refractivity contribution in [2.45, 2.75) is 58.3 Å². The van der Waals surface area contributed by atoms with E-state index in [1.807, 2.05) is 6.92 Å². The van der Waals surface area contributed by atoms with E-state index in [0.717, 1.165) is 49.0 Å². The van der Waals surface area contributed by atoms with Crippen LogP contribution in [-0.4, -0.2) is 24.5 Å². The van der Waals surface area contributed by atoms with Gasteiger partial charge in [-0.1, -0.05) is 19.8 Å². The molecular weight excluding hydrogens is 354 g/mol. The lowest BCUT2D eigenvalue weighted by atomic mass is 9.79. The maximum atomic E-state index is 12.8. The number of amides is 1. The van der Waals surface area contributed by atoms with E-state index in [-0.39, 0.29) is 5.91 Å². The van der Waals surface area contributed by atoms with Gasteiger partial charge in [0.2, 0.25) is 5.91 Å². The SMILES string of the molecule is CCCOC(=O)c1c(NC(=O)[C@@H]2CCCC[C@H]2C(=O)[O-])sc2c1CCC2. The first-order chi connectivity index (χ1) is 12.5. The summed E-state index contributed by atoms with van der Waals surface area (Å²) < 4.78 is 5.30. The zero-order valence-electron chi connectivity index (χ0n) is 15.0. The van der Waals surface area contributed by atoms with Gasteiger partial charge in [0, 0.05) is 22.7 Å². The summed E-state index contributed by atoms with van der Waals surface area (Å²) in [7, 11) is 0. The van der Waals surface area contributed by atoms with Crippen LogP contribution in [0.4, 0.5) is 5.00 Å². The van der Waals surface area contributed by atoms with Gasteiger partial charge in [0.25, 0.3) is 0 Å². The van der Waals surface area contributed by atoms with Crippen molar-refractivity contribution < 1.29 is 24.2 Å². The molecule has 1 heterocycles. The fraction of sp³-hybridized carbons (Fsp3) is 0.632. The van der Waals surface area contributed by atoms with Crippen molar-refractivity contribution in [2.75, 3.05) is 11.9 Å². The van der Waals surface area contributed by atoms with Crippen LogP contribution in [0.2, 0.25) is 0 Å². The first kappa shape index (κ1) is 18.9. The lowest BCUT2D eigenvalue weighted by molar-refractivity contribution is -0.313. The Labute approximate surface area is 156 Å². The number of esters is 1. The van der Waals surface area contributed by atoms with Crippen LogP contribution in [-0.2, 0) is 27.2 Å². The Kier molecular flexibility index (Phi) is 5.96. The summed E-state index contributed by atoms with van der Waals surface area (Å²) in [4.78, 5) is 37.7. The maximum absolute atomic E-state index is 12.8. The molecule has 1 aromatic heterocycles. The number of aliphatic carboxylic acids is 1. The van der Waals surface area contributed by atoms with E-state index in [1.165, 1.54) is 11.3 Å². The van der Waals surface area contributed by atoms with Gasteiger partial charge in [-0.3, -0.25) is 4.79 Å². The third-order valence-electron chi connectivity index (χ3n) is 5.20.